The number of hydrogen-bond acceptors (Lipinski definition) is 6. The summed E-state index contributed by atoms with van der Waals surface area (Å²) >= 11 is 5.75. The van der Waals surface area contributed by atoms with E-state index in [1.165, 1.54) is 7.11 Å². The van der Waals surface area contributed by atoms with Gasteiger partial charge in [0.1, 0.15) is 6.04 Å². The Bertz CT molecular complexity index is 692. The summed E-state index contributed by atoms with van der Waals surface area (Å²) in [5.41, 5.74) is 0.413. The molecule has 0 bridgehead atoms. The highest BCUT2D eigenvalue weighted by Gasteiger charge is 2.26. The molecule has 9 heteroatoms. The Balaban J connectivity index is 2.35. The van der Waals surface area contributed by atoms with Crippen LogP contribution in [0.4, 0.5) is 0 Å². The van der Waals surface area contributed by atoms with Crippen molar-refractivity contribution in [1.82, 2.24) is 10.6 Å². The van der Waals surface area contributed by atoms with Gasteiger partial charge in [0.2, 0.25) is 0 Å². The normalized spacial score (nSPS) is 12.4. The number of carbonyl (C=O) groups excluding carboxylic acids is 4. The van der Waals surface area contributed by atoms with Crippen molar-refractivity contribution in [2.45, 2.75) is 32.7 Å². The summed E-state index contributed by atoms with van der Waals surface area (Å²) in [6.07, 6.45) is 0.561. The van der Waals surface area contributed by atoms with E-state index in [1.807, 2.05) is 6.92 Å². The number of nitrogens with one attached hydrogen (secondary N) is 2. The molecule has 0 unspecified atom stereocenters. The van der Waals surface area contributed by atoms with Crippen molar-refractivity contribution >= 4 is 35.4 Å². The number of halogens is 1. The molecule has 0 aromatic heterocycles. The van der Waals surface area contributed by atoms with Gasteiger partial charge in [0, 0.05) is 17.1 Å². The second-order valence-electron chi connectivity index (χ2n) is 6.13. The lowest BCUT2D eigenvalue weighted by atomic mass is 9.99. The predicted molar refractivity (Wildman–Crippen MR) is 103 cm³/mol. The van der Waals surface area contributed by atoms with Gasteiger partial charge in [-0.1, -0.05) is 31.9 Å². The molecule has 2 atom stereocenters. The van der Waals surface area contributed by atoms with Crippen LogP contribution in [-0.2, 0) is 23.9 Å². The Labute approximate surface area is 168 Å². The molecule has 0 spiro atoms. The molecule has 0 heterocycles. The van der Waals surface area contributed by atoms with Crippen LogP contribution in [0.5, 0.6) is 0 Å². The molecule has 1 rings (SSSR count). The zero-order valence-electron chi connectivity index (χ0n) is 16.1. The molecule has 1 aromatic rings. The van der Waals surface area contributed by atoms with E-state index in [0.717, 1.165) is 0 Å². The van der Waals surface area contributed by atoms with Gasteiger partial charge in [0.05, 0.1) is 13.5 Å². The third kappa shape index (κ3) is 7.96. The number of esters is 2. The molecule has 0 aliphatic carbocycles. The molecule has 0 aliphatic rings. The van der Waals surface area contributed by atoms with E-state index in [0.29, 0.717) is 17.0 Å². The summed E-state index contributed by atoms with van der Waals surface area (Å²) in [6.45, 7) is 3.22. The van der Waals surface area contributed by atoms with Crippen LogP contribution < -0.4 is 10.6 Å². The second-order valence-corrected chi connectivity index (χ2v) is 6.56. The van der Waals surface area contributed by atoms with Gasteiger partial charge in [-0.15, -0.1) is 0 Å². The fourth-order valence-corrected chi connectivity index (χ4v) is 2.34. The molecule has 2 N–H and O–H groups in total. The van der Waals surface area contributed by atoms with Crippen molar-refractivity contribution in [3.8, 4) is 0 Å². The monoisotopic (exact) mass is 412 g/mol. The molecule has 0 aliphatic heterocycles. The first-order chi connectivity index (χ1) is 13.3. The number of methoxy groups -OCH3 is 1. The second kappa shape index (κ2) is 12.0. The van der Waals surface area contributed by atoms with E-state index < -0.39 is 30.5 Å². The fraction of sp³-hybridized carbons (Fsp3) is 0.474. The van der Waals surface area contributed by atoms with Crippen molar-refractivity contribution < 1.29 is 28.7 Å². The maximum atomic E-state index is 11.9. The minimum Gasteiger partial charge on any atom is -0.467 e. The molecule has 0 fully saturated rings. The van der Waals surface area contributed by atoms with Crippen LogP contribution in [0.25, 0.3) is 0 Å². The molecule has 1 aromatic carbocycles. The van der Waals surface area contributed by atoms with E-state index in [-0.39, 0.29) is 24.8 Å². The topological polar surface area (TPSA) is 111 Å². The van der Waals surface area contributed by atoms with Crippen molar-refractivity contribution in [3.05, 3.63) is 34.9 Å². The van der Waals surface area contributed by atoms with Gasteiger partial charge in [0.25, 0.3) is 11.8 Å². The highest BCUT2D eigenvalue weighted by Crippen LogP contribution is 2.10. The van der Waals surface area contributed by atoms with Gasteiger partial charge in [-0.3, -0.25) is 14.4 Å². The van der Waals surface area contributed by atoms with E-state index in [2.05, 4.69) is 15.4 Å². The average molecular weight is 413 g/mol. The fourth-order valence-electron chi connectivity index (χ4n) is 2.21. The molecule has 8 nitrogen and oxygen atoms in total. The molecule has 28 heavy (non-hydrogen) atoms. The molecule has 0 saturated carbocycles. The maximum Gasteiger partial charge on any atom is 0.328 e. The lowest BCUT2D eigenvalue weighted by molar-refractivity contribution is -0.150. The zero-order chi connectivity index (χ0) is 21.1. The lowest BCUT2D eigenvalue weighted by Crippen LogP contribution is -2.47. The van der Waals surface area contributed by atoms with E-state index in [1.54, 1.807) is 31.2 Å². The molecule has 0 saturated heterocycles. The summed E-state index contributed by atoms with van der Waals surface area (Å²) < 4.78 is 9.53. The van der Waals surface area contributed by atoms with Crippen LogP contribution in [0.15, 0.2) is 24.3 Å². The lowest BCUT2D eigenvalue weighted by Gasteiger charge is -2.21. The molecule has 2 amide bonds. The van der Waals surface area contributed by atoms with Gasteiger partial charge in [-0.25, -0.2) is 4.79 Å². The Morgan fingerprint density at radius 2 is 1.79 bits per heavy atom. The third-order valence-corrected chi connectivity index (χ3v) is 4.32. The van der Waals surface area contributed by atoms with Crippen LogP contribution in [-0.4, -0.2) is 50.1 Å². The largest absolute Gasteiger partial charge is 0.467 e. The number of hydrogen-bond donors (Lipinski definition) is 2. The smallest absolute Gasteiger partial charge is 0.328 e. The number of carbonyl (C=O) groups is 4. The van der Waals surface area contributed by atoms with Crippen LogP contribution in [0, 0.1) is 5.92 Å². The third-order valence-electron chi connectivity index (χ3n) is 4.07. The van der Waals surface area contributed by atoms with Gasteiger partial charge in [-0.2, -0.15) is 0 Å². The Kier molecular flexibility index (Phi) is 10.0. The predicted octanol–water partition coefficient (Wildman–Crippen LogP) is 1.71. The average Bonchev–Trinajstić information content (AvgIpc) is 2.69. The molecular formula is C19H25ClN2O6. The summed E-state index contributed by atoms with van der Waals surface area (Å²) in [5, 5.41) is 5.59. The summed E-state index contributed by atoms with van der Waals surface area (Å²) in [6, 6.07) is 5.50. The van der Waals surface area contributed by atoms with Gasteiger partial charge < -0.3 is 20.1 Å². The number of amides is 2. The molecular weight excluding hydrogens is 388 g/mol. The van der Waals surface area contributed by atoms with Gasteiger partial charge >= 0.3 is 11.9 Å². The first-order valence-electron chi connectivity index (χ1n) is 8.85. The molecule has 0 radical (unpaired) electrons. The number of benzene rings is 1. The minimum absolute atomic E-state index is 0.0551. The van der Waals surface area contributed by atoms with E-state index in [9.17, 15) is 19.2 Å². The highest BCUT2D eigenvalue weighted by molar-refractivity contribution is 6.30. The first kappa shape index (κ1) is 23.4. The SMILES string of the molecule is CC[C@@H](C)[C@H](NC(=O)COC(=O)CCNC(=O)c1ccc(Cl)cc1)C(=O)OC. The van der Waals surface area contributed by atoms with E-state index in [4.69, 9.17) is 16.3 Å². The summed E-state index contributed by atoms with van der Waals surface area (Å²) in [4.78, 5) is 47.3. The van der Waals surface area contributed by atoms with Crippen LogP contribution in [0.2, 0.25) is 5.02 Å². The van der Waals surface area contributed by atoms with Crippen molar-refractivity contribution in [2.24, 2.45) is 5.92 Å². The Morgan fingerprint density at radius 3 is 2.36 bits per heavy atom. The first-order valence-corrected chi connectivity index (χ1v) is 9.22. The number of rotatable bonds is 10. The standard InChI is InChI=1S/C19H25ClN2O6/c1-4-12(2)17(19(26)27-3)22-15(23)11-28-16(24)9-10-21-18(25)13-5-7-14(20)8-6-13/h5-8,12,17H,4,9-11H2,1-3H3,(H,21,25)(H,22,23)/t12-,17+/m1/s1. The summed E-state index contributed by atoms with van der Waals surface area (Å²) in [5.74, 6) is -2.29. The van der Waals surface area contributed by atoms with Crippen LogP contribution in [0.1, 0.15) is 37.0 Å². The number of ether oxygens (including phenoxy) is 2. The zero-order valence-corrected chi connectivity index (χ0v) is 16.9. The molecule has 154 valence electrons. The Hall–Kier alpha value is -2.61. The van der Waals surface area contributed by atoms with Gasteiger partial charge in [0.15, 0.2) is 6.61 Å². The van der Waals surface area contributed by atoms with Gasteiger partial charge in [-0.05, 0) is 30.2 Å². The van der Waals surface area contributed by atoms with Crippen molar-refractivity contribution in [2.75, 3.05) is 20.3 Å². The van der Waals surface area contributed by atoms with Crippen molar-refractivity contribution in [3.63, 3.8) is 0 Å². The Morgan fingerprint density at radius 1 is 1.14 bits per heavy atom. The van der Waals surface area contributed by atoms with Crippen LogP contribution >= 0.6 is 11.6 Å². The maximum absolute atomic E-state index is 11.9. The van der Waals surface area contributed by atoms with Crippen LogP contribution in [0.3, 0.4) is 0 Å². The minimum atomic E-state index is -0.806. The summed E-state index contributed by atoms with van der Waals surface area (Å²) in [7, 11) is 1.24. The highest BCUT2D eigenvalue weighted by atomic mass is 35.5. The van der Waals surface area contributed by atoms with Crippen molar-refractivity contribution in [1.29, 1.82) is 0 Å². The van der Waals surface area contributed by atoms with E-state index >= 15 is 0 Å². The quantitative estimate of drug-likeness (QED) is 0.566.